The van der Waals surface area contributed by atoms with Gasteiger partial charge in [0.1, 0.15) is 5.60 Å². The monoisotopic (exact) mass is 399 g/mol. The van der Waals surface area contributed by atoms with Crippen molar-refractivity contribution in [1.29, 1.82) is 0 Å². The first-order valence-corrected chi connectivity index (χ1v) is 12.3. The van der Waals surface area contributed by atoms with Gasteiger partial charge in [0.2, 0.25) is 5.91 Å². The van der Waals surface area contributed by atoms with Crippen molar-refractivity contribution in [3.05, 3.63) is 0 Å². The predicted molar refractivity (Wildman–Crippen MR) is 103 cm³/mol. The Morgan fingerprint density at radius 3 is 2.11 bits per heavy atom. The van der Waals surface area contributed by atoms with Gasteiger partial charge in [-0.15, -0.1) is 0 Å². The molecule has 0 unspecified atom stereocenters. The van der Waals surface area contributed by atoms with Gasteiger partial charge in [-0.2, -0.15) is 0 Å². The first-order chi connectivity index (χ1) is 12.1. The number of rotatable bonds is 4. The number of ether oxygens (including phenoxy) is 2. The summed E-state index contributed by atoms with van der Waals surface area (Å²) in [6.07, 6.45) is -0.674. The summed E-state index contributed by atoms with van der Waals surface area (Å²) in [7, 11) is -0.767. The normalized spacial score (nSPS) is 28.0. The van der Waals surface area contributed by atoms with Gasteiger partial charge >= 0.3 is 12.1 Å². The van der Waals surface area contributed by atoms with Crippen LogP contribution in [0.2, 0.25) is 18.1 Å². The van der Waals surface area contributed by atoms with Gasteiger partial charge in [-0.25, -0.2) is 9.69 Å². The van der Waals surface area contributed by atoms with E-state index in [1.165, 1.54) is 7.11 Å². The smallest absolute Gasteiger partial charge is 0.417 e. The fraction of sp³-hybridized carbons (Fsp3) is 0.842. The van der Waals surface area contributed by atoms with Crippen LogP contribution in [0.1, 0.15) is 41.5 Å². The van der Waals surface area contributed by atoms with Crippen molar-refractivity contribution in [2.75, 3.05) is 13.7 Å². The van der Waals surface area contributed by atoms with Crippen LogP contribution < -0.4 is 0 Å². The van der Waals surface area contributed by atoms with Crippen molar-refractivity contribution in [3.63, 3.8) is 0 Å². The molecule has 1 aliphatic carbocycles. The van der Waals surface area contributed by atoms with E-state index >= 15 is 0 Å². The summed E-state index contributed by atoms with van der Waals surface area (Å²) in [6.45, 7) is 16.1. The van der Waals surface area contributed by atoms with Crippen LogP contribution in [0.15, 0.2) is 0 Å². The molecule has 0 N–H and O–H groups in total. The van der Waals surface area contributed by atoms with Crippen LogP contribution in [0.5, 0.6) is 0 Å². The highest BCUT2D eigenvalue weighted by atomic mass is 28.4. The highest BCUT2D eigenvalue weighted by Crippen LogP contribution is 2.57. The number of carbonyl (C=O) groups excluding carboxylic acids is 3. The summed E-state index contributed by atoms with van der Waals surface area (Å²) in [4.78, 5) is 38.6. The van der Waals surface area contributed by atoms with E-state index in [9.17, 15) is 14.4 Å². The molecule has 2 aliphatic rings. The highest BCUT2D eigenvalue weighted by molar-refractivity contribution is 6.74. The third-order valence-electron chi connectivity index (χ3n) is 5.86. The molecule has 2 amide bonds. The Hall–Kier alpha value is -1.41. The maximum Gasteiger partial charge on any atom is 0.417 e. The van der Waals surface area contributed by atoms with E-state index in [1.807, 2.05) is 0 Å². The van der Waals surface area contributed by atoms with Crippen molar-refractivity contribution in [2.24, 2.45) is 17.8 Å². The number of likely N-dealkylation sites (tertiary alicyclic amines) is 1. The second kappa shape index (κ2) is 6.88. The number of hydrogen-bond donors (Lipinski definition) is 0. The number of hydrogen-bond acceptors (Lipinski definition) is 6. The summed E-state index contributed by atoms with van der Waals surface area (Å²) in [5, 5.41) is -0.00291. The van der Waals surface area contributed by atoms with Crippen LogP contribution in [0.4, 0.5) is 4.79 Å². The van der Waals surface area contributed by atoms with Crippen molar-refractivity contribution in [2.45, 2.75) is 71.3 Å². The Kier molecular flexibility index (Phi) is 5.58. The number of amides is 2. The molecule has 2 fully saturated rings. The molecule has 1 heterocycles. The van der Waals surface area contributed by atoms with Crippen LogP contribution in [-0.2, 0) is 23.5 Å². The third-order valence-corrected chi connectivity index (χ3v) is 10.4. The van der Waals surface area contributed by atoms with Gasteiger partial charge in [-0.1, -0.05) is 20.8 Å². The average Bonchev–Trinajstić information content (AvgIpc) is 3.15. The number of methoxy groups -OCH3 is 1. The molecule has 7 nitrogen and oxygen atoms in total. The number of nitrogens with zero attached hydrogens (tertiary/aromatic N) is 1. The minimum Gasteiger partial charge on any atom is -0.469 e. The summed E-state index contributed by atoms with van der Waals surface area (Å²) in [6, 6.07) is -0.504. The van der Waals surface area contributed by atoms with Crippen molar-refractivity contribution in [3.8, 4) is 0 Å². The van der Waals surface area contributed by atoms with Crippen LogP contribution in [0.25, 0.3) is 0 Å². The molecule has 8 heteroatoms. The van der Waals surface area contributed by atoms with Crippen molar-refractivity contribution < 1.29 is 28.3 Å². The zero-order valence-corrected chi connectivity index (χ0v) is 18.9. The second-order valence-corrected chi connectivity index (χ2v) is 14.8. The van der Waals surface area contributed by atoms with Gasteiger partial charge < -0.3 is 13.9 Å². The topological polar surface area (TPSA) is 82.1 Å². The summed E-state index contributed by atoms with van der Waals surface area (Å²) >= 11 is 0. The molecule has 1 saturated heterocycles. The zero-order valence-electron chi connectivity index (χ0n) is 17.9. The van der Waals surface area contributed by atoms with Crippen molar-refractivity contribution >= 4 is 26.3 Å². The first-order valence-electron chi connectivity index (χ1n) is 9.40. The Bertz CT molecular complexity index is 633. The van der Waals surface area contributed by atoms with Gasteiger partial charge in [-0.3, -0.25) is 9.59 Å². The molecule has 0 aromatic heterocycles. The van der Waals surface area contributed by atoms with E-state index < -0.39 is 43.9 Å². The number of piperidine rings is 1. The number of carbonyl (C=O) groups is 3. The lowest BCUT2D eigenvalue weighted by molar-refractivity contribution is -0.146. The standard InChI is InChI=1S/C19H33NO6Si/c1-18(2,3)26-17(23)20-11(10-25-27(8,9)19(4,5)6)12-13(15(20)21)14(12)16(22)24-7/h11-14H,10H2,1-9H3/t11-,12-,13+,14-/m1/s1. The van der Waals surface area contributed by atoms with Gasteiger partial charge in [0, 0.05) is 5.92 Å². The van der Waals surface area contributed by atoms with Gasteiger partial charge in [0.15, 0.2) is 8.32 Å². The summed E-state index contributed by atoms with van der Waals surface area (Å²) < 4.78 is 16.5. The van der Waals surface area contributed by atoms with Crippen LogP contribution in [0, 0.1) is 17.8 Å². The average molecular weight is 400 g/mol. The number of imide groups is 1. The Balaban J connectivity index is 2.22. The molecule has 0 bridgehead atoms. The minimum atomic E-state index is -2.08. The third kappa shape index (κ3) is 4.21. The molecule has 0 aromatic rings. The molecular formula is C19H33NO6Si. The van der Waals surface area contributed by atoms with Crippen LogP contribution in [-0.4, -0.2) is 56.5 Å². The molecule has 0 aromatic carbocycles. The Labute approximate surface area is 162 Å². The zero-order chi connectivity index (χ0) is 20.9. The van der Waals surface area contributed by atoms with Gasteiger partial charge in [0.25, 0.3) is 0 Å². The number of esters is 1. The van der Waals surface area contributed by atoms with Crippen LogP contribution >= 0.6 is 0 Å². The number of fused-ring (bicyclic) bond motifs is 1. The lowest BCUT2D eigenvalue weighted by atomic mass is 10.1. The fourth-order valence-electron chi connectivity index (χ4n) is 3.30. The second-order valence-electron chi connectivity index (χ2n) is 9.98. The minimum absolute atomic E-state index is 0.00291. The van der Waals surface area contributed by atoms with E-state index in [-0.39, 0.29) is 23.5 Å². The molecule has 27 heavy (non-hydrogen) atoms. The molecule has 1 saturated carbocycles. The maximum absolute atomic E-state index is 12.8. The quantitative estimate of drug-likeness (QED) is 0.533. The lowest BCUT2D eigenvalue weighted by Crippen LogP contribution is -2.50. The molecule has 1 aliphatic heterocycles. The first kappa shape index (κ1) is 21.9. The Morgan fingerprint density at radius 1 is 1.11 bits per heavy atom. The van der Waals surface area contributed by atoms with E-state index in [0.717, 1.165) is 4.90 Å². The molecule has 2 rings (SSSR count). The van der Waals surface area contributed by atoms with E-state index in [0.29, 0.717) is 0 Å². The summed E-state index contributed by atoms with van der Waals surface area (Å²) in [5.41, 5.74) is -0.712. The van der Waals surface area contributed by atoms with E-state index in [4.69, 9.17) is 13.9 Å². The van der Waals surface area contributed by atoms with Crippen LogP contribution in [0.3, 0.4) is 0 Å². The van der Waals surface area contributed by atoms with E-state index in [2.05, 4.69) is 33.9 Å². The fourth-order valence-corrected chi connectivity index (χ4v) is 4.32. The van der Waals surface area contributed by atoms with Gasteiger partial charge in [-0.05, 0) is 38.9 Å². The Morgan fingerprint density at radius 2 is 1.67 bits per heavy atom. The highest BCUT2D eigenvalue weighted by Gasteiger charge is 2.71. The van der Waals surface area contributed by atoms with Crippen molar-refractivity contribution in [1.82, 2.24) is 4.90 Å². The lowest BCUT2D eigenvalue weighted by Gasteiger charge is -2.38. The molecule has 154 valence electrons. The molecule has 0 radical (unpaired) electrons. The largest absolute Gasteiger partial charge is 0.469 e. The molecule has 4 atom stereocenters. The summed E-state index contributed by atoms with van der Waals surface area (Å²) in [5.74, 6) is -2.04. The maximum atomic E-state index is 12.8. The molecule has 0 spiro atoms. The molecular weight excluding hydrogens is 366 g/mol. The van der Waals surface area contributed by atoms with E-state index in [1.54, 1.807) is 20.8 Å². The SMILES string of the molecule is COC(=O)[C@H]1[C@H]2C(=O)N(C(=O)OC(C)(C)C)[C@H](CO[Si](C)(C)C(C)(C)C)[C@H]21. The predicted octanol–water partition coefficient (Wildman–Crippen LogP) is 3.19. The van der Waals surface area contributed by atoms with Gasteiger partial charge in [0.05, 0.1) is 31.6 Å².